The smallest absolute Gasteiger partial charge is 0.295 e. The van der Waals surface area contributed by atoms with Crippen molar-refractivity contribution in [2.45, 2.75) is 12.5 Å². The molecule has 2 aromatic rings. The van der Waals surface area contributed by atoms with Crippen LogP contribution in [0.3, 0.4) is 0 Å². The van der Waals surface area contributed by atoms with Crippen LogP contribution < -0.4 is 18.9 Å². The molecule has 0 unspecified atom stereocenters. The van der Waals surface area contributed by atoms with Gasteiger partial charge in [-0.2, -0.15) is 0 Å². The second kappa shape index (κ2) is 12.2. The lowest BCUT2D eigenvalue weighted by Crippen LogP contribution is -2.39. The van der Waals surface area contributed by atoms with Crippen molar-refractivity contribution in [3.05, 3.63) is 53.1 Å². The maximum Gasteiger partial charge on any atom is 0.295 e. The third kappa shape index (κ3) is 5.41. The predicted molar refractivity (Wildman–Crippen MR) is 140 cm³/mol. The third-order valence-corrected chi connectivity index (χ3v) is 6.86. The average Bonchev–Trinajstić information content (AvgIpc) is 3.21. The zero-order valence-corrected chi connectivity index (χ0v) is 22.2. The molecule has 1 N–H and O–H groups in total. The molecule has 2 saturated heterocycles. The fraction of sp³-hybridized carbons (Fsp3) is 0.429. The zero-order chi connectivity index (χ0) is 27.2. The maximum absolute atomic E-state index is 13.4. The molecule has 204 valence electrons. The molecular formula is C28H34N2O8. The molecule has 10 heteroatoms. The van der Waals surface area contributed by atoms with Gasteiger partial charge in [0.15, 0.2) is 11.5 Å². The van der Waals surface area contributed by atoms with Crippen LogP contribution in [0.1, 0.15) is 23.6 Å². The Bertz CT molecular complexity index is 1180. The first-order chi connectivity index (χ1) is 18.4. The molecule has 0 aromatic heterocycles. The molecule has 2 fully saturated rings. The number of hydrogen-bond acceptors (Lipinski definition) is 9. The maximum atomic E-state index is 13.4. The summed E-state index contributed by atoms with van der Waals surface area (Å²) in [4.78, 5) is 30.5. The van der Waals surface area contributed by atoms with Crippen LogP contribution in [-0.2, 0) is 14.3 Å². The second-order valence-electron chi connectivity index (χ2n) is 8.99. The Kier molecular flexibility index (Phi) is 8.75. The number of carbonyl (C=O) groups is 2. The Morgan fingerprint density at radius 1 is 0.947 bits per heavy atom. The lowest BCUT2D eigenvalue weighted by molar-refractivity contribution is -0.140. The molecule has 0 aliphatic carbocycles. The Morgan fingerprint density at radius 3 is 2.24 bits per heavy atom. The molecule has 10 nitrogen and oxygen atoms in total. The van der Waals surface area contributed by atoms with Crippen molar-refractivity contribution in [1.29, 1.82) is 0 Å². The van der Waals surface area contributed by atoms with E-state index in [1.54, 1.807) is 36.4 Å². The molecule has 2 aliphatic rings. The molecule has 0 spiro atoms. The minimum absolute atomic E-state index is 0.0103. The number of carbonyl (C=O) groups excluding carboxylic acids is 2. The molecule has 2 heterocycles. The van der Waals surface area contributed by atoms with Crippen molar-refractivity contribution in [3.8, 4) is 23.0 Å². The first kappa shape index (κ1) is 27.3. The summed E-state index contributed by atoms with van der Waals surface area (Å²) in [5.41, 5.74) is 0.909. The highest BCUT2D eigenvalue weighted by atomic mass is 16.5. The van der Waals surface area contributed by atoms with Gasteiger partial charge in [-0.25, -0.2) is 0 Å². The minimum Gasteiger partial charge on any atom is -0.507 e. The molecule has 1 amide bonds. The normalized spacial score (nSPS) is 19.5. The van der Waals surface area contributed by atoms with Crippen LogP contribution in [-0.4, -0.2) is 94.4 Å². The minimum atomic E-state index is -0.861. The van der Waals surface area contributed by atoms with Crippen molar-refractivity contribution in [2.75, 3.05) is 67.8 Å². The number of hydrogen-bond donors (Lipinski definition) is 1. The fourth-order valence-electron chi connectivity index (χ4n) is 4.93. The Hall–Kier alpha value is -3.76. The molecule has 0 radical (unpaired) electrons. The van der Waals surface area contributed by atoms with E-state index in [9.17, 15) is 14.7 Å². The van der Waals surface area contributed by atoms with Crippen LogP contribution in [0, 0.1) is 0 Å². The van der Waals surface area contributed by atoms with E-state index >= 15 is 0 Å². The van der Waals surface area contributed by atoms with Crippen molar-refractivity contribution in [3.63, 3.8) is 0 Å². The number of morpholine rings is 1. The van der Waals surface area contributed by atoms with Gasteiger partial charge in [-0.1, -0.05) is 12.1 Å². The van der Waals surface area contributed by atoms with Gasteiger partial charge in [-0.05, 0) is 36.2 Å². The summed E-state index contributed by atoms with van der Waals surface area (Å²) in [5.74, 6) is -0.0551. The summed E-state index contributed by atoms with van der Waals surface area (Å²) in [7, 11) is 6.01. The Morgan fingerprint density at radius 2 is 1.63 bits per heavy atom. The number of likely N-dealkylation sites (tertiary alicyclic amines) is 1. The first-order valence-electron chi connectivity index (χ1n) is 12.5. The highest BCUT2D eigenvalue weighted by Gasteiger charge is 2.46. The Balaban J connectivity index is 1.79. The summed E-state index contributed by atoms with van der Waals surface area (Å²) >= 11 is 0. The van der Waals surface area contributed by atoms with Gasteiger partial charge in [0.05, 0.1) is 53.3 Å². The van der Waals surface area contributed by atoms with Gasteiger partial charge < -0.3 is 33.7 Å². The van der Waals surface area contributed by atoms with Gasteiger partial charge in [0, 0.05) is 31.7 Å². The van der Waals surface area contributed by atoms with Gasteiger partial charge >= 0.3 is 0 Å². The predicted octanol–water partition coefficient (Wildman–Crippen LogP) is 2.87. The number of rotatable bonds is 10. The van der Waals surface area contributed by atoms with E-state index in [0.29, 0.717) is 60.3 Å². The van der Waals surface area contributed by atoms with Crippen LogP contribution >= 0.6 is 0 Å². The topological polar surface area (TPSA) is 107 Å². The van der Waals surface area contributed by atoms with Crippen molar-refractivity contribution in [2.24, 2.45) is 0 Å². The lowest BCUT2D eigenvalue weighted by Gasteiger charge is -2.29. The second-order valence-corrected chi connectivity index (χ2v) is 8.99. The fourth-order valence-corrected chi connectivity index (χ4v) is 4.93. The van der Waals surface area contributed by atoms with E-state index in [1.165, 1.54) is 33.3 Å². The van der Waals surface area contributed by atoms with E-state index in [2.05, 4.69) is 4.90 Å². The van der Waals surface area contributed by atoms with Gasteiger partial charge in [0.1, 0.15) is 11.5 Å². The third-order valence-electron chi connectivity index (χ3n) is 6.86. The van der Waals surface area contributed by atoms with Gasteiger partial charge in [0.25, 0.3) is 11.7 Å². The molecule has 2 aliphatic heterocycles. The van der Waals surface area contributed by atoms with E-state index in [1.807, 2.05) is 0 Å². The van der Waals surface area contributed by atoms with Gasteiger partial charge in [-0.15, -0.1) is 0 Å². The zero-order valence-electron chi connectivity index (χ0n) is 22.2. The number of benzene rings is 2. The van der Waals surface area contributed by atoms with Gasteiger partial charge in [-0.3, -0.25) is 14.5 Å². The summed E-state index contributed by atoms with van der Waals surface area (Å²) in [6.07, 6.45) is 0.646. The number of ketones is 1. The van der Waals surface area contributed by atoms with E-state index in [4.69, 9.17) is 23.7 Å². The van der Waals surface area contributed by atoms with Crippen LogP contribution in [0.15, 0.2) is 42.0 Å². The van der Waals surface area contributed by atoms with Crippen molar-refractivity contribution in [1.82, 2.24) is 9.80 Å². The number of Topliss-reactive ketones (excluding diaryl/α,β-unsaturated/α-hetero) is 1. The van der Waals surface area contributed by atoms with Crippen LogP contribution in [0.2, 0.25) is 0 Å². The van der Waals surface area contributed by atoms with E-state index in [0.717, 1.165) is 19.6 Å². The number of amides is 1. The highest BCUT2D eigenvalue weighted by Crippen LogP contribution is 2.45. The summed E-state index contributed by atoms with van der Waals surface area (Å²) < 4.78 is 27.2. The number of ether oxygens (including phenoxy) is 5. The summed E-state index contributed by atoms with van der Waals surface area (Å²) in [5, 5.41) is 11.4. The van der Waals surface area contributed by atoms with Crippen LogP contribution in [0.4, 0.5) is 0 Å². The van der Waals surface area contributed by atoms with E-state index < -0.39 is 17.7 Å². The summed E-state index contributed by atoms with van der Waals surface area (Å²) in [6.45, 7) is 4.07. The SMILES string of the molecule is COc1cccc(C(O)=C2C(=O)C(=O)N(CCCN3CCOCC3)[C@@H]2c2cc(OC)c(OC)c(OC)c2)c1. The molecule has 4 rings (SSSR count). The quantitative estimate of drug-likeness (QED) is 0.284. The molecule has 2 aromatic carbocycles. The molecule has 1 atom stereocenters. The number of methoxy groups -OCH3 is 4. The number of aliphatic hydroxyl groups is 1. The van der Waals surface area contributed by atoms with Crippen molar-refractivity contribution < 1.29 is 38.4 Å². The van der Waals surface area contributed by atoms with Crippen LogP contribution in [0.25, 0.3) is 5.76 Å². The summed E-state index contributed by atoms with van der Waals surface area (Å²) in [6, 6.07) is 9.26. The first-order valence-corrected chi connectivity index (χ1v) is 12.5. The Labute approximate surface area is 222 Å². The van der Waals surface area contributed by atoms with E-state index in [-0.39, 0.29) is 11.3 Å². The number of nitrogens with zero attached hydrogens (tertiary/aromatic N) is 2. The molecular weight excluding hydrogens is 492 g/mol. The number of aliphatic hydroxyl groups excluding tert-OH is 1. The highest BCUT2D eigenvalue weighted by molar-refractivity contribution is 6.46. The molecule has 38 heavy (non-hydrogen) atoms. The van der Waals surface area contributed by atoms with Crippen molar-refractivity contribution >= 4 is 17.4 Å². The standard InChI is InChI=1S/C28H34N2O8/c1-34-20-8-5-7-18(15-20)25(31)23-24(19-16-21(35-2)27(37-4)22(17-19)36-3)30(28(33)26(23)32)10-6-9-29-11-13-38-14-12-29/h5,7-8,15-17,24,31H,6,9-14H2,1-4H3/t24-/m1/s1. The lowest BCUT2D eigenvalue weighted by atomic mass is 9.94. The monoisotopic (exact) mass is 526 g/mol. The molecule has 0 saturated carbocycles. The molecule has 0 bridgehead atoms. The van der Waals surface area contributed by atoms with Gasteiger partial charge in [0.2, 0.25) is 5.75 Å². The average molecular weight is 527 g/mol. The van der Waals surface area contributed by atoms with Crippen LogP contribution in [0.5, 0.6) is 23.0 Å². The largest absolute Gasteiger partial charge is 0.507 e.